The van der Waals surface area contributed by atoms with Crippen molar-refractivity contribution < 1.29 is 9.90 Å². The van der Waals surface area contributed by atoms with Gasteiger partial charge in [-0.2, -0.15) is 0 Å². The number of carbonyl (C=O) groups excluding carboxylic acids is 1. The summed E-state index contributed by atoms with van der Waals surface area (Å²) in [4.78, 5) is 11.8. The topological polar surface area (TPSA) is 75.3 Å². The highest BCUT2D eigenvalue weighted by Gasteiger charge is 2.18. The number of hydrogen-bond acceptors (Lipinski definition) is 3. The largest absolute Gasteiger partial charge is 0.398 e. The molecular weight excluding hydrogens is 240 g/mol. The molecule has 0 aromatic heterocycles. The first-order valence-electron chi connectivity index (χ1n) is 5.30. The van der Waals surface area contributed by atoms with E-state index in [0.717, 1.165) is 0 Å². The fraction of sp³-hybridized carbons (Fsp3) is 0.417. The lowest BCUT2D eigenvalue weighted by molar-refractivity contribution is 0.0912. The zero-order valence-electron chi connectivity index (χ0n) is 9.96. The van der Waals surface area contributed by atoms with Crippen LogP contribution in [0.15, 0.2) is 18.2 Å². The molecule has 0 heterocycles. The summed E-state index contributed by atoms with van der Waals surface area (Å²) < 4.78 is 0. The van der Waals surface area contributed by atoms with E-state index in [9.17, 15) is 4.79 Å². The number of amides is 1. The molecular formula is C12H17ClN2O2. The molecule has 0 atom stereocenters. The summed E-state index contributed by atoms with van der Waals surface area (Å²) in [5.74, 6) is -0.263. The summed E-state index contributed by atoms with van der Waals surface area (Å²) in [5.41, 5.74) is 6.09. The van der Waals surface area contributed by atoms with Gasteiger partial charge < -0.3 is 16.2 Å². The van der Waals surface area contributed by atoms with Gasteiger partial charge in [0.2, 0.25) is 0 Å². The minimum Gasteiger partial charge on any atom is -0.398 e. The van der Waals surface area contributed by atoms with E-state index in [0.29, 0.717) is 22.8 Å². The number of hydrogen-bond donors (Lipinski definition) is 3. The Bertz CT molecular complexity index is 419. The Kier molecular flexibility index (Phi) is 4.37. The zero-order chi connectivity index (χ0) is 13.1. The SMILES string of the molecule is CC(C)(CO)CNC(=O)c1ccc(Cl)cc1N. The van der Waals surface area contributed by atoms with E-state index >= 15 is 0 Å². The standard InChI is InChI=1S/C12H17ClN2O2/c1-12(2,7-16)6-15-11(17)9-4-3-8(13)5-10(9)14/h3-5,16H,6-7,14H2,1-2H3,(H,15,17). The van der Waals surface area contributed by atoms with E-state index in [-0.39, 0.29) is 17.9 Å². The van der Waals surface area contributed by atoms with Crippen LogP contribution in [-0.4, -0.2) is 24.2 Å². The first-order chi connectivity index (χ1) is 7.85. The molecule has 1 amide bonds. The molecule has 0 aliphatic rings. The number of carbonyl (C=O) groups is 1. The van der Waals surface area contributed by atoms with Crippen LogP contribution in [0.5, 0.6) is 0 Å². The van der Waals surface area contributed by atoms with Crippen LogP contribution in [0.3, 0.4) is 0 Å². The van der Waals surface area contributed by atoms with Crippen LogP contribution in [0.1, 0.15) is 24.2 Å². The van der Waals surface area contributed by atoms with Gasteiger partial charge in [-0.25, -0.2) is 0 Å². The summed E-state index contributed by atoms with van der Waals surface area (Å²) in [7, 11) is 0. The third-order valence-corrected chi connectivity index (χ3v) is 2.65. The molecule has 0 saturated heterocycles. The van der Waals surface area contributed by atoms with Crippen molar-refractivity contribution in [3.8, 4) is 0 Å². The molecule has 0 saturated carbocycles. The van der Waals surface area contributed by atoms with Gasteiger partial charge in [0.25, 0.3) is 5.91 Å². The molecule has 4 N–H and O–H groups in total. The number of aliphatic hydroxyl groups excluding tert-OH is 1. The quantitative estimate of drug-likeness (QED) is 0.718. The third-order valence-electron chi connectivity index (χ3n) is 2.41. The van der Waals surface area contributed by atoms with E-state index in [4.69, 9.17) is 22.4 Å². The van der Waals surface area contributed by atoms with E-state index in [2.05, 4.69) is 5.32 Å². The number of nitrogen functional groups attached to an aromatic ring is 1. The maximum Gasteiger partial charge on any atom is 0.253 e. The zero-order valence-corrected chi connectivity index (χ0v) is 10.7. The first kappa shape index (κ1) is 13.8. The highest BCUT2D eigenvalue weighted by Crippen LogP contribution is 2.18. The molecule has 17 heavy (non-hydrogen) atoms. The minimum atomic E-state index is -0.350. The summed E-state index contributed by atoms with van der Waals surface area (Å²) in [6, 6.07) is 4.73. The summed E-state index contributed by atoms with van der Waals surface area (Å²) in [6.07, 6.45) is 0. The lowest BCUT2D eigenvalue weighted by atomic mass is 9.95. The number of rotatable bonds is 4. The maximum atomic E-state index is 11.8. The van der Waals surface area contributed by atoms with Crippen molar-refractivity contribution in [2.45, 2.75) is 13.8 Å². The van der Waals surface area contributed by atoms with Gasteiger partial charge in [0.15, 0.2) is 0 Å². The highest BCUT2D eigenvalue weighted by molar-refractivity contribution is 6.31. The second kappa shape index (κ2) is 5.38. The van der Waals surface area contributed by atoms with Crippen LogP contribution in [0.25, 0.3) is 0 Å². The van der Waals surface area contributed by atoms with Gasteiger partial charge in [-0.15, -0.1) is 0 Å². The molecule has 0 bridgehead atoms. The summed E-state index contributed by atoms with van der Waals surface area (Å²) in [5, 5.41) is 12.3. The third kappa shape index (κ3) is 3.91. The Labute approximate surface area is 106 Å². The number of benzene rings is 1. The Morgan fingerprint density at radius 1 is 1.53 bits per heavy atom. The lowest BCUT2D eigenvalue weighted by Gasteiger charge is -2.22. The van der Waals surface area contributed by atoms with Crippen molar-refractivity contribution in [3.05, 3.63) is 28.8 Å². The van der Waals surface area contributed by atoms with E-state index in [1.807, 2.05) is 13.8 Å². The Balaban J connectivity index is 2.71. The molecule has 0 spiro atoms. The predicted octanol–water partition coefficient (Wildman–Crippen LogP) is 1.67. The van der Waals surface area contributed by atoms with Crippen molar-refractivity contribution in [2.24, 2.45) is 5.41 Å². The minimum absolute atomic E-state index is 0.00335. The monoisotopic (exact) mass is 256 g/mol. The second-order valence-electron chi connectivity index (χ2n) is 4.74. The molecule has 1 aromatic carbocycles. The number of aliphatic hydroxyl groups is 1. The molecule has 0 aliphatic carbocycles. The average molecular weight is 257 g/mol. The van der Waals surface area contributed by atoms with Gasteiger partial charge in [0.1, 0.15) is 0 Å². The van der Waals surface area contributed by atoms with Crippen molar-refractivity contribution in [1.82, 2.24) is 5.32 Å². The average Bonchev–Trinajstić information content (AvgIpc) is 2.26. The van der Waals surface area contributed by atoms with Gasteiger partial charge >= 0.3 is 0 Å². The van der Waals surface area contributed by atoms with Crippen molar-refractivity contribution in [2.75, 3.05) is 18.9 Å². The fourth-order valence-electron chi connectivity index (χ4n) is 1.21. The predicted molar refractivity (Wildman–Crippen MR) is 69.1 cm³/mol. The van der Waals surface area contributed by atoms with Crippen molar-refractivity contribution in [1.29, 1.82) is 0 Å². The highest BCUT2D eigenvalue weighted by atomic mass is 35.5. The van der Waals surface area contributed by atoms with Crippen molar-refractivity contribution >= 4 is 23.2 Å². The van der Waals surface area contributed by atoms with Gasteiger partial charge in [-0.3, -0.25) is 4.79 Å². The normalized spacial score (nSPS) is 11.3. The maximum absolute atomic E-state index is 11.8. The molecule has 0 aliphatic heterocycles. The van der Waals surface area contributed by atoms with Crippen LogP contribution in [0, 0.1) is 5.41 Å². The van der Waals surface area contributed by atoms with Crippen LogP contribution < -0.4 is 11.1 Å². The number of anilines is 1. The Morgan fingerprint density at radius 3 is 2.71 bits per heavy atom. The number of nitrogens with two attached hydrogens (primary N) is 1. The van der Waals surface area contributed by atoms with Gasteiger partial charge in [0.05, 0.1) is 5.56 Å². The Hall–Kier alpha value is -1.26. The molecule has 94 valence electrons. The molecule has 1 aromatic rings. The molecule has 4 nitrogen and oxygen atoms in total. The second-order valence-corrected chi connectivity index (χ2v) is 5.17. The van der Waals surface area contributed by atoms with E-state index in [1.165, 1.54) is 6.07 Å². The molecule has 1 rings (SSSR count). The van der Waals surface area contributed by atoms with Crippen molar-refractivity contribution in [3.63, 3.8) is 0 Å². The number of halogens is 1. The molecule has 5 heteroatoms. The molecule has 0 radical (unpaired) electrons. The fourth-order valence-corrected chi connectivity index (χ4v) is 1.39. The molecule has 0 unspecified atom stereocenters. The van der Waals surface area contributed by atoms with E-state index in [1.54, 1.807) is 12.1 Å². The molecule has 0 fully saturated rings. The van der Waals surface area contributed by atoms with Crippen LogP contribution in [-0.2, 0) is 0 Å². The first-order valence-corrected chi connectivity index (χ1v) is 5.67. The lowest BCUT2D eigenvalue weighted by Crippen LogP contribution is -2.36. The van der Waals surface area contributed by atoms with Gasteiger partial charge in [-0.1, -0.05) is 25.4 Å². The van der Waals surface area contributed by atoms with Crippen LogP contribution in [0.4, 0.5) is 5.69 Å². The summed E-state index contributed by atoms with van der Waals surface area (Å²) in [6.45, 7) is 4.10. The Morgan fingerprint density at radius 2 is 2.18 bits per heavy atom. The van der Waals surface area contributed by atoms with E-state index < -0.39 is 0 Å². The summed E-state index contributed by atoms with van der Waals surface area (Å²) >= 11 is 5.75. The van der Waals surface area contributed by atoms with Gasteiger partial charge in [-0.05, 0) is 18.2 Å². The number of nitrogens with one attached hydrogen (secondary N) is 1. The van der Waals surface area contributed by atoms with Gasteiger partial charge in [0, 0.05) is 29.3 Å². The van der Waals surface area contributed by atoms with Crippen LogP contribution in [0.2, 0.25) is 5.02 Å². The smallest absolute Gasteiger partial charge is 0.253 e. The van der Waals surface area contributed by atoms with Crippen LogP contribution >= 0.6 is 11.6 Å².